The van der Waals surface area contributed by atoms with Crippen molar-refractivity contribution in [3.05, 3.63) is 36.8 Å². The fourth-order valence-electron chi connectivity index (χ4n) is 3.18. The average molecular weight is 522 g/mol. The summed E-state index contributed by atoms with van der Waals surface area (Å²) in [5.74, 6) is -2.23. The summed E-state index contributed by atoms with van der Waals surface area (Å²) in [6, 6.07) is 1.61. The summed E-state index contributed by atoms with van der Waals surface area (Å²) in [6.45, 7) is 3.91. The minimum Gasteiger partial charge on any atom is -0.460 e. The summed E-state index contributed by atoms with van der Waals surface area (Å²) in [6.07, 6.45) is -0.449. The van der Waals surface area contributed by atoms with Crippen LogP contribution >= 0.6 is 0 Å². The number of esters is 1. The molecule has 0 aliphatic heterocycles. The number of H-pyrrole nitrogens is 1. The van der Waals surface area contributed by atoms with E-state index in [0.29, 0.717) is 11.4 Å². The van der Waals surface area contributed by atoms with Gasteiger partial charge >= 0.3 is 18.3 Å². The molecule has 16 heteroatoms. The van der Waals surface area contributed by atoms with Crippen LogP contribution in [-0.2, 0) is 31.9 Å². The number of alkyl halides is 3. The molecular formula is C21H21F3N8O5. The Bertz CT molecular complexity index is 1410. The van der Waals surface area contributed by atoms with Crippen LogP contribution in [0.25, 0.3) is 28.7 Å². The molecule has 0 aromatic carbocycles. The van der Waals surface area contributed by atoms with Gasteiger partial charge in [0.15, 0.2) is 12.6 Å². The van der Waals surface area contributed by atoms with Gasteiger partial charge in [0.05, 0.1) is 24.6 Å². The molecule has 0 fully saturated rings. The second kappa shape index (κ2) is 9.87. The van der Waals surface area contributed by atoms with Gasteiger partial charge in [-0.15, -0.1) is 5.10 Å². The fourth-order valence-corrected chi connectivity index (χ4v) is 3.18. The van der Waals surface area contributed by atoms with Crippen molar-refractivity contribution < 1.29 is 37.0 Å². The topological polar surface area (TPSA) is 151 Å². The van der Waals surface area contributed by atoms with Gasteiger partial charge in [-0.25, -0.2) is 29.4 Å². The van der Waals surface area contributed by atoms with Gasteiger partial charge in [0, 0.05) is 12.4 Å². The maximum atomic E-state index is 13.5. The molecule has 0 aliphatic rings. The first kappa shape index (κ1) is 25.6. The van der Waals surface area contributed by atoms with E-state index in [-0.39, 0.29) is 30.3 Å². The Labute approximate surface area is 206 Å². The molecule has 4 rings (SSSR count). The number of ether oxygens (including phenoxy) is 3. The number of nitrogens with zero attached hydrogens (tertiary/aromatic N) is 7. The highest BCUT2D eigenvalue weighted by Gasteiger charge is 2.38. The molecule has 0 aliphatic carbocycles. The molecule has 0 atom stereocenters. The van der Waals surface area contributed by atoms with Gasteiger partial charge in [0.1, 0.15) is 23.6 Å². The number of carbonyl (C=O) groups excluding carboxylic acids is 2. The van der Waals surface area contributed by atoms with E-state index in [1.165, 1.54) is 23.1 Å². The minimum absolute atomic E-state index is 0.0205. The first-order valence-electron chi connectivity index (χ1n) is 10.8. The zero-order valence-corrected chi connectivity index (χ0v) is 19.8. The van der Waals surface area contributed by atoms with Gasteiger partial charge in [0.25, 0.3) is 5.82 Å². The third-order valence-electron chi connectivity index (χ3n) is 4.54. The molecule has 196 valence electrons. The van der Waals surface area contributed by atoms with Crippen LogP contribution in [0.5, 0.6) is 0 Å². The fraction of sp³-hybridized carbons (Fsp3) is 0.381. The lowest BCUT2D eigenvalue weighted by Gasteiger charge is -2.19. The molecule has 4 aromatic heterocycles. The Balaban J connectivity index is 1.58. The van der Waals surface area contributed by atoms with Gasteiger partial charge in [0.2, 0.25) is 5.78 Å². The normalized spacial score (nSPS) is 12.1. The van der Waals surface area contributed by atoms with Crippen LogP contribution in [0.2, 0.25) is 0 Å². The summed E-state index contributed by atoms with van der Waals surface area (Å²) < 4.78 is 57.5. The molecule has 4 aromatic rings. The van der Waals surface area contributed by atoms with Crippen molar-refractivity contribution in [2.75, 3.05) is 6.61 Å². The number of carbonyl (C=O) groups is 2. The summed E-state index contributed by atoms with van der Waals surface area (Å²) in [4.78, 5) is 42.6. The van der Waals surface area contributed by atoms with E-state index in [1.54, 1.807) is 33.0 Å². The average Bonchev–Trinajstić information content (AvgIpc) is 3.53. The Morgan fingerprint density at radius 1 is 1.14 bits per heavy atom. The number of hydrogen-bond acceptors (Lipinski definition) is 10. The smallest absolute Gasteiger partial charge is 0.460 e. The lowest BCUT2D eigenvalue weighted by Crippen LogP contribution is -2.25. The maximum absolute atomic E-state index is 13.5. The molecule has 0 spiro atoms. The monoisotopic (exact) mass is 522 g/mol. The van der Waals surface area contributed by atoms with E-state index in [1.807, 2.05) is 0 Å². The number of halogens is 3. The molecule has 37 heavy (non-hydrogen) atoms. The van der Waals surface area contributed by atoms with Crippen LogP contribution in [-0.4, -0.2) is 63.4 Å². The van der Waals surface area contributed by atoms with Gasteiger partial charge in [-0.3, -0.25) is 9.20 Å². The number of aromatic amines is 1. The van der Waals surface area contributed by atoms with E-state index in [0.717, 1.165) is 4.68 Å². The van der Waals surface area contributed by atoms with E-state index in [2.05, 4.69) is 30.0 Å². The van der Waals surface area contributed by atoms with Crippen molar-refractivity contribution >= 4 is 17.9 Å². The van der Waals surface area contributed by atoms with E-state index in [4.69, 9.17) is 14.2 Å². The standard InChI is InChI=1S/C21H21F3N8O5/c1-20(2,3)37-13(33)5-8-35-19(34)36-11-32-16(29-17(30-32)21(22,23)24)14-15(12-9-25-10-27-12)31-7-4-6-26-18(31)28-14/h4,6-7,9-10H,5,8,11H2,1-3H3,(H,25,27). The van der Waals surface area contributed by atoms with Crippen LogP contribution in [0.3, 0.4) is 0 Å². The third kappa shape index (κ3) is 6.02. The quantitative estimate of drug-likeness (QED) is 0.358. The minimum atomic E-state index is -4.89. The molecule has 0 saturated carbocycles. The third-order valence-corrected chi connectivity index (χ3v) is 4.54. The first-order chi connectivity index (χ1) is 17.4. The van der Waals surface area contributed by atoms with Crippen molar-refractivity contribution in [3.63, 3.8) is 0 Å². The molecular weight excluding hydrogens is 501 g/mol. The zero-order valence-electron chi connectivity index (χ0n) is 19.8. The molecule has 13 nitrogen and oxygen atoms in total. The number of fused-ring (bicyclic) bond motifs is 1. The van der Waals surface area contributed by atoms with Crippen molar-refractivity contribution in [1.29, 1.82) is 0 Å². The summed E-state index contributed by atoms with van der Waals surface area (Å²) >= 11 is 0. The number of hydrogen-bond donors (Lipinski definition) is 1. The largest absolute Gasteiger partial charge is 0.510 e. The Morgan fingerprint density at radius 3 is 2.59 bits per heavy atom. The first-order valence-corrected chi connectivity index (χ1v) is 10.8. The van der Waals surface area contributed by atoms with Gasteiger partial charge in [-0.1, -0.05) is 0 Å². The molecule has 0 saturated heterocycles. The van der Waals surface area contributed by atoms with Crippen LogP contribution in [0.1, 0.15) is 33.0 Å². The molecule has 1 N–H and O–H groups in total. The molecule has 0 radical (unpaired) electrons. The summed E-state index contributed by atoms with van der Waals surface area (Å²) in [7, 11) is 0. The van der Waals surface area contributed by atoms with E-state index < -0.39 is 36.5 Å². The zero-order chi connectivity index (χ0) is 26.8. The highest BCUT2D eigenvalue weighted by atomic mass is 19.4. The van der Waals surface area contributed by atoms with E-state index >= 15 is 0 Å². The lowest BCUT2D eigenvalue weighted by atomic mass is 10.2. The second-order valence-electron chi connectivity index (χ2n) is 8.53. The SMILES string of the molecule is CC(C)(C)OC(=O)CCOC(=O)OCn1nc(C(F)(F)F)nc1-c1nc2ncccn2c1-c1cnc[nH]1. The number of nitrogens with one attached hydrogen (secondary N) is 1. The van der Waals surface area contributed by atoms with Crippen LogP contribution in [0, 0.1) is 0 Å². The lowest BCUT2D eigenvalue weighted by molar-refractivity contribution is -0.155. The van der Waals surface area contributed by atoms with Crippen molar-refractivity contribution in [3.8, 4) is 22.9 Å². The van der Waals surface area contributed by atoms with Crippen LogP contribution < -0.4 is 0 Å². The molecule has 0 amide bonds. The van der Waals surface area contributed by atoms with Crippen molar-refractivity contribution in [2.45, 2.75) is 45.7 Å². The van der Waals surface area contributed by atoms with E-state index in [9.17, 15) is 22.8 Å². The highest BCUT2D eigenvalue weighted by Crippen LogP contribution is 2.33. The second-order valence-corrected chi connectivity index (χ2v) is 8.53. The molecule has 4 heterocycles. The van der Waals surface area contributed by atoms with Gasteiger partial charge < -0.3 is 19.2 Å². The summed E-state index contributed by atoms with van der Waals surface area (Å²) in [5, 5.41) is 3.45. The number of imidazole rings is 2. The molecule has 0 unspecified atom stereocenters. The van der Waals surface area contributed by atoms with Crippen LogP contribution in [0.4, 0.5) is 18.0 Å². The maximum Gasteiger partial charge on any atom is 0.510 e. The highest BCUT2D eigenvalue weighted by molar-refractivity contribution is 5.76. The van der Waals surface area contributed by atoms with Crippen molar-refractivity contribution in [1.82, 2.24) is 39.1 Å². The predicted molar refractivity (Wildman–Crippen MR) is 117 cm³/mol. The van der Waals surface area contributed by atoms with Gasteiger partial charge in [-0.05, 0) is 26.8 Å². The Hall–Kier alpha value is -4.50. The number of rotatable bonds is 7. The summed E-state index contributed by atoms with van der Waals surface area (Å²) in [5.41, 5.74) is -0.00317. The number of aromatic nitrogens is 8. The van der Waals surface area contributed by atoms with Crippen LogP contribution in [0.15, 0.2) is 31.0 Å². The van der Waals surface area contributed by atoms with Crippen molar-refractivity contribution in [2.24, 2.45) is 0 Å². The van der Waals surface area contributed by atoms with Gasteiger partial charge in [-0.2, -0.15) is 13.2 Å². The predicted octanol–water partition coefficient (Wildman–Crippen LogP) is 3.24. The molecule has 0 bridgehead atoms. The Morgan fingerprint density at radius 2 is 1.92 bits per heavy atom. The Kier molecular flexibility index (Phi) is 6.82.